The van der Waals surface area contributed by atoms with Crippen molar-refractivity contribution < 1.29 is 9.47 Å². The fourth-order valence-electron chi connectivity index (χ4n) is 12.2. The summed E-state index contributed by atoms with van der Waals surface area (Å²) in [6.07, 6.45) is 28.3. The molecule has 0 saturated heterocycles. The molecule has 0 amide bonds. The van der Waals surface area contributed by atoms with Crippen LogP contribution in [-0.2, 0) is 16.2 Å². The van der Waals surface area contributed by atoms with Gasteiger partial charge in [-0.25, -0.2) is 0 Å². The lowest BCUT2D eigenvalue weighted by Gasteiger charge is -2.44. The molecule has 6 nitrogen and oxygen atoms in total. The van der Waals surface area contributed by atoms with E-state index in [4.69, 9.17) is 9.47 Å². The predicted octanol–water partition coefficient (Wildman–Crippen LogP) is 15.1. The van der Waals surface area contributed by atoms with Crippen LogP contribution in [-0.4, -0.2) is 13.2 Å². The Morgan fingerprint density at radius 2 is 0.887 bits per heavy atom. The highest BCUT2D eigenvalue weighted by molar-refractivity contribution is 7.24. The van der Waals surface area contributed by atoms with Gasteiger partial charge in [-0.3, -0.25) is 0 Å². The van der Waals surface area contributed by atoms with E-state index in [1.54, 1.807) is 57.1 Å². The van der Waals surface area contributed by atoms with Crippen molar-refractivity contribution >= 4 is 80.8 Å². The molecule has 0 bridgehead atoms. The first-order valence-electron chi connectivity index (χ1n) is 22.8. The van der Waals surface area contributed by atoms with Gasteiger partial charge in [0.05, 0.1) is 23.0 Å². The molecule has 0 atom stereocenters. The van der Waals surface area contributed by atoms with Crippen molar-refractivity contribution in [3.8, 4) is 45.5 Å². The summed E-state index contributed by atoms with van der Waals surface area (Å²) < 4.78 is 13.1. The first-order chi connectivity index (χ1) is 30.4. The molecule has 62 heavy (non-hydrogen) atoms. The highest BCUT2D eigenvalue weighted by Crippen LogP contribution is 2.73. The van der Waals surface area contributed by atoms with E-state index < -0.39 is 0 Å². The summed E-state index contributed by atoms with van der Waals surface area (Å²) in [7, 11) is 0. The minimum atomic E-state index is -0.104. The summed E-state index contributed by atoms with van der Waals surface area (Å²) in [5, 5.41) is 38.7. The molecular weight excluding hydrogens is 841 g/mol. The van der Waals surface area contributed by atoms with Gasteiger partial charge in [0.1, 0.15) is 46.9 Å². The molecule has 0 aliphatic heterocycles. The van der Waals surface area contributed by atoms with Gasteiger partial charge in [-0.15, -0.1) is 45.3 Å². The van der Waals surface area contributed by atoms with Gasteiger partial charge < -0.3 is 9.47 Å². The zero-order valence-corrected chi connectivity index (χ0v) is 38.9. The van der Waals surface area contributed by atoms with Crippen LogP contribution in [0.1, 0.15) is 175 Å². The van der Waals surface area contributed by atoms with Gasteiger partial charge in [0, 0.05) is 45.5 Å². The second-order valence-corrected chi connectivity index (χ2v) is 22.4. The molecule has 6 aliphatic carbocycles. The lowest BCUT2D eigenvalue weighted by Crippen LogP contribution is -2.37. The van der Waals surface area contributed by atoms with Crippen molar-refractivity contribution in [3.05, 3.63) is 74.8 Å². The Labute approximate surface area is 381 Å². The molecule has 0 N–H and O–H groups in total. The minimum Gasteiger partial charge on any atom is -0.492 e. The van der Waals surface area contributed by atoms with Crippen LogP contribution >= 0.6 is 45.3 Å². The maximum Gasteiger partial charge on any atom is 0.138 e. The summed E-state index contributed by atoms with van der Waals surface area (Å²) in [4.78, 5) is 10.1. The van der Waals surface area contributed by atoms with E-state index in [1.807, 2.05) is 0 Å². The van der Waals surface area contributed by atoms with Gasteiger partial charge in [-0.2, -0.15) is 21.0 Å². The molecule has 4 heterocycles. The molecule has 10 heteroatoms. The van der Waals surface area contributed by atoms with Crippen LogP contribution in [0.3, 0.4) is 0 Å². The molecule has 0 radical (unpaired) electrons. The fraction of sp³-hybridized carbons (Fsp3) is 0.462. The molecule has 6 aliphatic rings. The van der Waals surface area contributed by atoms with Crippen molar-refractivity contribution in [3.63, 3.8) is 0 Å². The third-order valence-corrected chi connectivity index (χ3v) is 19.2. The van der Waals surface area contributed by atoms with Crippen LogP contribution < -0.4 is 9.47 Å². The van der Waals surface area contributed by atoms with E-state index in [1.165, 1.54) is 111 Å². The quantitative estimate of drug-likeness (QED) is 0.147. The summed E-state index contributed by atoms with van der Waals surface area (Å²) in [6.45, 7) is 5.52. The summed E-state index contributed by atoms with van der Waals surface area (Å²) in [5.41, 5.74) is 9.34. The molecule has 3 spiro atoms. The van der Waals surface area contributed by atoms with Crippen LogP contribution in [0.2, 0.25) is 0 Å². The largest absolute Gasteiger partial charge is 0.492 e. The Morgan fingerprint density at radius 1 is 0.516 bits per heavy atom. The topological polar surface area (TPSA) is 114 Å². The van der Waals surface area contributed by atoms with Crippen LogP contribution in [0.5, 0.6) is 11.5 Å². The average Bonchev–Trinajstić information content (AvgIpc) is 4.17. The van der Waals surface area contributed by atoms with Gasteiger partial charge in [0.2, 0.25) is 0 Å². The van der Waals surface area contributed by atoms with E-state index in [9.17, 15) is 21.0 Å². The number of rotatable bonds is 10. The van der Waals surface area contributed by atoms with Gasteiger partial charge in [-0.05, 0) is 121 Å². The average molecular weight is 891 g/mol. The number of fused-ring (bicyclic) bond motifs is 11. The van der Waals surface area contributed by atoms with Gasteiger partial charge in [0.15, 0.2) is 0 Å². The second-order valence-electron chi connectivity index (χ2n) is 18.1. The predicted molar refractivity (Wildman–Crippen MR) is 255 cm³/mol. The van der Waals surface area contributed by atoms with Crippen molar-refractivity contribution in [2.75, 3.05) is 13.2 Å². The van der Waals surface area contributed by atoms with Crippen LogP contribution in [0.15, 0.2) is 23.3 Å². The minimum absolute atomic E-state index is 0.0304. The van der Waals surface area contributed by atoms with E-state index in [0.29, 0.717) is 13.2 Å². The van der Waals surface area contributed by atoms with Crippen LogP contribution in [0, 0.1) is 45.3 Å². The molecule has 4 aromatic heterocycles. The molecule has 0 aromatic carbocycles. The molecular formula is C52H50N4O2S4. The number of nitrogens with zero attached hydrogens (tertiary/aromatic N) is 4. The molecule has 3 fully saturated rings. The van der Waals surface area contributed by atoms with Crippen LogP contribution in [0.25, 0.3) is 45.2 Å². The number of hydrogen-bond acceptors (Lipinski definition) is 10. The fourth-order valence-corrected chi connectivity index (χ4v) is 17.5. The van der Waals surface area contributed by atoms with Gasteiger partial charge in [-0.1, -0.05) is 71.6 Å². The van der Waals surface area contributed by atoms with E-state index in [-0.39, 0.29) is 27.4 Å². The molecule has 10 rings (SSSR count). The maximum atomic E-state index is 9.67. The van der Waals surface area contributed by atoms with Crippen molar-refractivity contribution in [2.45, 2.75) is 139 Å². The number of nitriles is 4. The molecule has 0 unspecified atom stereocenters. The zero-order valence-electron chi connectivity index (χ0n) is 35.6. The third-order valence-electron chi connectivity index (χ3n) is 14.6. The first kappa shape index (κ1) is 41.3. The highest BCUT2D eigenvalue weighted by atomic mass is 32.1. The summed E-state index contributed by atoms with van der Waals surface area (Å²) >= 11 is 7.47. The third kappa shape index (κ3) is 6.27. The SMILES string of the molecule is CCCOc1cc(C=C(C#N)C#N)sc1C1=Cc2sc3c(c2C12CCCCC2)C1(CCCCC1)c1c-3sc2c1C1(CCCCC1)C(c1sc(C=C(C#N)C#N)cc1OCCC)=C2. The standard InChI is InChI=1S/C52H50N4O2S4/c1-3-20-57-38-24-34(22-32(28-53)29-54)59-46(38)36-26-40-42(50(36)14-8-5-9-15-50)44-48(61-40)49-45(52(44)18-12-7-13-19-52)43-41(62-49)27-37(51(43)16-10-6-11-17-51)47-39(58-21-4-2)25-35(60-47)23-33(30-55)31-56/h22-27H,3-21H2,1-2H3. The van der Waals surface area contributed by atoms with Gasteiger partial charge >= 0.3 is 0 Å². The first-order valence-corrected chi connectivity index (χ1v) is 26.0. The van der Waals surface area contributed by atoms with E-state index in [0.717, 1.165) is 59.8 Å². The highest BCUT2D eigenvalue weighted by Gasteiger charge is 2.59. The van der Waals surface area contributed by atoms with Crippen molar-refractivity contribution in [2.24, 2.45) is 0 Å². The summed E-state index contributed by atoms with van der Waals surface area (Å²) in [6, 6.07) is 12.4. The van der Waals surface area contributed by atoms with Crippen molar-refractivity contribution in [1.82, 2.24) is 0 Å². The molecule has 3 saturated carbocycles. The monoisotopic (exact) mass is 890 g/mol. The number of allylic oxidation sites excluding steroid dienone is 4. The number of ether oxygens (including phenoxy) is 2. The van der Waals surface area contributed by atoms with Crippen molar-refractivity contribution in [1.29, 1.82) is 21.0 Å². The van der Waals surface area contributed by atoms with E-state index >= 15 is 0 Å². The Hall–Kier alpha value is -4.68. The number of thiophene rings is 4. The molecule has 4 aromatic rings. The smallest absolute Gasteiger partial charge is 0.138 e. The van der Waals surface area contributed by atoms with E-state index in [2.05, 4.69) is 85.1 Å². The molecule has 314 valence electrons. The summed E-state index contributed by atoms with van der Waals surface area (Å²) in [5.74, 6) is 1.77. The number of hydrogen-bond donors (Lipinski definition) is 0. The second kappa shape index (κ2) is 16.5. The van der Waals surface area contributed by atoms with Crippen LogP contribution in [0.4, 0.5) is 0 Å². The lowest BCUT2D eigenvalue weighted by molar-refractivity contribution is 0.313. The lowest BCUT2D eigenvalue weighted by atomic mass is 9.58. The maximum absolute atomic E-state index is 9.67. The Balaban J connectivity index is 1.16. The normalized spacial score (nSPS) is 19.3. The Kier molecular flexibility index (Phi) is 11.0. The zero-order chi connectivity index (χ0) is 42.6. The Morgan fingerprint density at radius 3 is 1.24 bits per heavy atom. The van der Waals surface area contributed by atoms with Gasteiger partial charge in [0.25, 0.3) is 0 Å². The Bertz CT molecular complexity index is 2560.